The van der Waals surface area contributed by atoms with Gasteiger partial charge in [0.2, 0.25) is 5.91 Å². The van der Waals surface area contributed by atoms with Gasteiger partial charge in [0.05, 0.1) is 5.56 Å². The SMILES string of the molecule is CC(C(=O)N1CCN(C(=O)c2ccccc2OC(F)F)CC1)C1CNC1.Cl. The number of alkyl halides is 2. The van der Waals surface area contributed by atoms with Gasteiger partial charge in [-0.15, -0.1) is 12.4 Å². The molecule has 2 saturated heterocycles. The molecule has 2 fully saturated rings. The van der Waals surface area contributed by atoms with E-state index in [1.54, 1.807) is 21.9 Å². The molecular formula is C18H24ClF2N3O3. The highest BCUT2D eigenvalue weighted by atomic mass is 35.5. The van der Waals surface area contributed by atoms with Crippen LogP contribution in [0, 0.1) is 11.8 Å². The van der Waals surface area contributed by atoms with Crippen LogP contribution in [0.15, 0.2) is 24.3 Å². The zero-order chi connectivity index (χ0) is 18.7. The van der Waals surface area contributed by atoms with Crippen LogP contribution in [-0.4, -0.2) is 67.5 Å². The maximum atomic E-state index is 12.7. The molecule has 6 nitrogen and oxygen atoms in total. The highest BCUT2D eigenvalue weighted by Crippen LogP contribution is 2.23. The van der Waals surface area contributed by atoms with Crippen molar-refractivity contribution < 1.29 is 23.1 Å². The molecule has 150 valence electrons. The zero-order valence-corrected chi connectivity index (χ0v) is 15.9. The summed E-state index contributed by atoms with van der Waals surface area (Å²) in [6.45, 7) is 2.36. The number of nitrogens with zero attached hydrogens (tertiary/aromatic N) is 2. The number of para-hydroxylation sites is 1. The first-order valence-corrected chi connectivity index (χ1v) is 8.80. The number of hydrogen-bond acceptors (Lipinski definition) is 4. The van der Waals surface area contributed by atoms with Gasteiger partial charge in [-0.3, -0.25) is 9.59 Å². The van der Waals surface area contributed by atoms with Crippen LogP contribution in [0.5, 0.6) is 5.75 Å². The summed E-state index contributed by atoms with van der Waals surface area (Å²) in [5.41, 5.74) is 0.112. The topological polar surface area (TPSA) is 61.9 Å². The van der Waals surface area contributed by atoms with E-state index in [-0.39, 0.29) is 41.5 Å². The van der Waals surface area contributed by atoms with Crippen molar-refractivity contribution in [2.45, 2.75) is 13.5 Å². The van der Waals surface area contributed by atoms with Crippen LogP contribution < -0.4 is 10.1 Å². The maximum Gasteiger partial charge on any atom is 0.387 e. The van der Waals surface area contributed by atoms with Crippen molar-refractivity contribution in [3.05, 3.63) is 29.8 Å². The van der Waals surface area contributed by atoms with Gasteiger partial charge < -0.3 is 19.9 Å². The fourth-order valence-electron chi connectivity index (χ4n) is 3.30. The average molecular weight is 404 g/mol. The van der Waals surface area contributed by atoms with E-state index in [2.05, 4.69) is 10.1 Å². The number of piperazine rings is 1. The van der Waals surface area contributed by atoms with E-state index >= 15 is 0 Å². The largest absolute Gasteiger partial charge is 0.434 e. The lowest BCUT2D eigenvalue weighted by Crippen LogP contribution is -2.55. The Morgan fingerprint density at radius 3 is 2.26 bits per heavy atom. The van der Waals surface area contributed by atoms with Crippen molar-refractivity contribution in [2.75, 3.05) is 39.3 Å². The Bertz CT molecular complexity index is 665. The Morgan fingerprint density at radius 2 is 1.70 bits per heavy atom. The number of rotatable bonds is 5. The molecule has 1 atom stereocenters. The number of hydrogen-bond donors (Lipinski definition) is 1. The van der Waals surface area contributed by atoms with Crippen molar-refractivity contribution in [3.8, 4) is 5.75 Å². The van der Waals surface area contributed by atoms with E-state index in [1.165, 1.54) is 12.1 Å². The van der Waals surface area contributed by atoms with E-state index in [0.29, 0.717) is 32.1 Å². The summed E-state index contributed by atoms with van der Waals surface area (Å²) < 4.78 is 29.5. The number of carbonyl (C=O) groups is 2. The molecule has 9 heteroatoms. The van der Waals surface area contributed by atoms with Crippen molar-refractivity contribution in [1.82, 2.24) is 15.1 Å². The molecule has 2 heterocycles. The second kappa shape index (κ2) is 9.32. The van der Waals surface area contributed by atoms with Gasteiger partial charge >= 0.3 is 6.61 Å². The quantitative estimate of drug-likeness (QED) is 0.815. The van der Waals surface area contributed by atoms with Gasteiger partial charge in [0, 0.05) is 32.1 Å². The van der Waals surface area contributed by atoms with Crippen molar-refractivity contribution in [1.29, 1.82) is 0 Å². The molecule has 2 aliphatic heterocycles. The molecule has 0 saturated carbocycles. The monoisotopic (exact) mass is 403 g/mol. The fourth-order valence-corrected chi connectivity index (χ4v) is 3.30. The Balaban J connectivity index is 0.00000261. The van der Waals surface area contributed by atoms with E-state index in [1.807, 2.05) is 6.92 Å². The zero-order valence-electron chi connectivity index (χ0n) is 15.1. The molecular weight excluding hydrogens is 380 g/mol. The third-order valence-corrected chi connectivity index (χ3v) is 5.12. The molecule has 3 rings (SSSR count). The first kappa shape index (κ1) is 21.4. The Morgan fingerprint density at radius 1 is 1.11 bits per heavy atom. The van der Waals surface area contributed by atoms with Gasteiger partial charge in [-0.1, -0.05) is 19.1 Å². The molecule has 1 unspecified atom stereocenters. The number of nitrogens with one attached hydrogen (secondary N) is 1. The number of benzene rings is 1. The van der Waals surface area contributed by atoms with Crippen molar-refractivity contribution >= 4 is 24.2 Å². The van der Waals surface area contributed by atoms with Crippen LogP contribution >= 0.6 is 12.4 Å². The van der Waals surface area contributed by atoms with Gasteiger partial charge in [-0.2, -0.15) is 8.78 Å². The summed E-state index contributed by atoms with van der Waals surface area (Å²) in [6, 6.07) is 5.98. The van der Waals surface area contributed by atoms with Crippen LogP contribution in [0.4, 0.5) is 8.78 Å². The number of ether oxygens (including phenoxy) is 1. The summed E-state index contributed by atoms with van der Waals surface area (Å²) in [5, 5.41) is 3.17. The number of halogens is 3. The highest BCUT2D eigenvalue weighted by molar-refractivity contribution is 5.97. The first-order chi connectivity index (χ1) is 12.5. The van der Waals surface area contributed by atoms with Crippen LogP contribution in [0.25, 0.3) is 0 Å². The normalized spacial score (nSPS) is 18.5. The lowest BCUT2D eigenvalue weighted by molar-refractivity contribution is -0.138. The summed E-state index contributed by atoms with van der Waals surface area (Å²) in [4.78, 5) is 28.6. The minimum absolute atomic E-state index is 0. The summed E-state index contributed by atoms with van der Waals surface area (Å²) in [6.07, 6.45) is 0. The van der Waals surface area contributed by atoms with Crippen LogP contribution in [0.1, 0.15) is 17.3 Å². The second-order valence-corrected chi connectivity index (χ2v) is 6.70. The van der Waals surface area contributed by atoms with Gasteiger partial charge in [0.15, 0.2) is 0 Å². The Kier molecular flexibility index (Phi) is 7.38. The minimum atomic E-state index is -2.99. The smallest absolute Gasteiger partial charge is 0.387 e. The molecule has 0 radical (unpaired) electrons. The molecule has 27 heavy (non-hydrogen) atoms. The molecule has 0 aliphatic carbocycles. The Labute approximate surface area is 163 Å². The van der Waals surface area contributed by atoms with Gasteiger partial charge in [-0.25, -0.2) is 0 Å². The summed E-state index contributed by atoms with van der Waals surface area (Å²) >= 11 is 0. The fraction of sp³-hybridized carbons (Fsp3) is 0.556. The standard InChI is InChI=1S/C18H23F2N3O3.ClH/c1-12(13-10-21-11-13)16(24)22-6-8-23(9-7-22)17(25)14-4-2-3-5-15(14)26-18(19)20;/h2-5,12-13,18,21H,6-11H2,1H3;1H. The molecule has 0 spiro atoms. The number of carbonyl (C=O) groups excluding carboxylic acids is 2. The minimum Gasteiger partial charge on any atom is -0.434 e. The Hall–Kier alpha value is -1.93. The second-order valence-electron chi connectivity index (χ2n) is 6.70. The van der Waals surface area contributed by atoms with Crippen LogP contribution in [-0.2, 0) is 4.79 Å². The lowest BCUT2D eigenvalue weighted by atomic mass is 9.88. The third kappa shape index (κ3) is 4.87. The first-order valence-electron chi connectivity index (χ1n) is 8.80. The van der Waals surface area contributed by atoms with E-state index in [4.69, 9.17) is 0 Å². The molecule has 1 aromatic carbocycles. The van der Waals surface area contributed by atoms with Crippen LogP contribution in [0.2, 0.25) is 0 Å². The van der Waals surface area contributed by atoms with Gasteiger partial charge in [-0.05, 0) is 31.1 Å². The van der Waals surface area contributed by atoms with Crippen LogP contribution in [0.3, 0.4) is 0 Å². The predicted octanol–water partition coefficient (Wildman–Crippen LogP) is 1.85. The van der Waals surface area contributed by atoms with E-state index in [0.717, 1.165) is 13.1 Å². The molecule has 1 aromatic rings. The van der Waals surface area contributed by atoms with Gasteiger partial charge in [0.1, 0.15) is 5.75 Å². The van der Waals surface area contributed by atoms with E-state index < -0.39 is 6.61 Å². The predicted molar refractivity (Wildman–Crippen MR) is 98.3 cm³/mol. The third-order valence-electron chi connectivity index (χ3n) is 5.12. The van der Waals surface area contributed by atoms with Gasteiger partial charge in [0.25, 0.3) is 5.91 Å². The summed E-state index contributed by atoms with van der Waals surface area (Å²) in [5.74, 6) is -0.0223. The molecule has 1 N–H and O–H groups in total. The molecule has 2 amide bonds. The maximum absolute atomic E-state index is 12.7. The highest BCUT2D eigenvalue weighted by Gasteiger charge is 2.34. The van der Waals surface area contributed by atoms with E-state index in [9.17, 15) is 18.4 Å². The van der Waals surface area contributed by atoms with Crippen molar-refractivity contribution in [2.24, 2.45) is 11.8 Å². The lowest BCUT2D eigenvalue weighted by Gasteiger charge is -2.39. The average Bonchev–Trinajstić information content (AvgIpc) is 2.59. The number of amides is 2. The molecule has 2 aliphatic rings. The van der Waals surface area contributed by atoms with Crippen molar-refractivity contribution in [3.63, 3.8) is 0 Å². The molecule has 0 bridgehead atoms. The molecule has 0 aromatic heterocycles. The summed E-state index contributed by atoms with van der Waals surface area (Å²) in [7, 11) is 0.